The first-order chi connectivity index (χ1) is 14.6. The van der Waals surface area contributed by atoms with Gasteiger partial charge in [-0.25, -0.2) is 4.98 Å². The normalized spacial score (nSPS) is 16.4. The van der Waals surface area contributed by atoms with Crippen LogP contribution >= 0.6 is 0 Å². The topological polar surface area (TPSA) is 76.7 Å². The maximum Gasteiger partial charge on any atom is 0.303 e. The predicted octanol–water partition coefficient (Wildman–Crippen LogP) is 5.18. The van der Waals surface area contributed by atoms with Crippen LogP contribution in [0, 0.1) is 12.8 Å². The second-order valence-electron chi connectivity index (χ2n) is 8.25. The van der Waals surface area contributed by atoms with Gasteiger partial charge in [-0.3, -0.25) is 4.79 Å². The number of imidazole rings is 1. The van der Waals surface area contributed by atoms with Crippen molar-refractivity contribution in [3.8, 4) is 0 Å². The maximum atomic E-state index is 10.7. The molecule has 1 aliphatic rings. The second kappa shape index (κ2) is 11.5. The van der Waals surface area contributed by atoms with Crippen molar-refractivity contribution in [1.29, 1.82) is 0 Å². The second-order valence-corrected chi connectivity index (χ2v) is 8.25. The molecule has 0 aliphatic heterocycles. The summed E-state index contributed by atoms with van der Waals surface area (Å²) >= 11 is 0. The van der Waals surface area contributed by atoms with Crippen LogP contribution in [0.15, 0.2) is 48.1 Å². The van der Waals surface area contributed by atoms with Gasteiger partial charge in [0, 0.05) is 24.7 Å². The number of carboxylic acid groups (broad SMARTS) is 1. The van der Waals surface area contributed by atoms with Gasteiger partial charge in [0.1, 0.15) is 6.61 Å². The molecule has 3 rings (SSSR count). The van der Waals surface area contributed by atoms with Gasteiger partial charge in [0.25, 0.3) is 0 Å². The van der Waals surface area contributed by atoms with Gasteiger partial charge >= 0.3 is 5.97 Å². The molecule has 1 atom stereocenters. The monoisotopic (exact) mass is 411 g/mol. The zero-order valence-electron chi connectivity index (χ0n) is 17.9. The number of nitrogens with zero attached hydrogens (tertiary/aromatic N) is 3. The quantitative estimate of drug-likeness (QED) is 0.314. The van der Waals surface area contributed by atoms with Gasteiger partial charge in [-0.15, -0.1) is 0 Å². The van der Waals surface area contributed by atoms with Gasteiger partial charge in [0.2, 0.25) is 0 Å². The Labute approximate surface area is 179 Å². The largest absolute Gasteiger partial charge is 0.481 e. The van der Waals surface area contributed by atoms with E-state index in [9.17, 15) is 4.79 Å². The molecule has 0 saturated heterocycles. The highest BCUT2D eigenvalue weighted by molar-refractivity contribution is 5.90. The maximum absolute atomic E-state index is 10.7. The molecule has 0 amide bonds. The number of aryl methyl sites for hydroxylation is 1. The summed E-state index contributed by atoms with van der Waals surface area (Å²) in [6, 6.07) is 8.74. The van der Waals surface area contributed by atoms with E-state index in [1.807, 2.05) is 18.7 Å². The van der Waals surface area contributed by atoms with Crippen molar-refractivity contribution in [2.75, 3.05) is 6.61 Å². The Morgan fingerprint density at radius 1 is 1.23 bits per heavy atom. The number of hydrogen-bond donors (Lipinski definition) is 1. The Kier molecular flexibility index (Phi) is 8.48. The number of rotatable bonds is 11. The Morgan fingerprint density at radius 2 is 2.00 bits per heavy atom. The molecule has 6 nitrogen and oxygen atoms in total. The van der Waals surface area contributed by atoms with Gasteiger partial charge in [-0.2, -0.15) is 0 Å². The summed E-state index contributed by atoms with van der Waals surface area (Å²) < 4.78 is 2.14. The fourth-order valence-corrected chi connectivity index (χ4v) is 4.13. The van der Waals surface area contributed by atoms with Crippen LogP contribution in [-0.4, -0.2) is 32.9 Å². The number of hydrogen-bond acceptors (Lipinski definition) is 4. The van der Waals surface area contributed by atoms with Crippen LogP contribution in [0.5, 0.6) is 0 Å². The van der Waals surface area contributed by atoms with Crippen LogP contribution in [-0.2, 0) is 16.1 Å². The van der Waals surface area contributed by atoms with Crippen molar-refractivity contribution in [3.05, 3.63) is 54.1 Å². The molecule has 0 bridgehead atoms. The predicted molar refractivity (Wildman–Crippen MR) is 118 cm³/mol. The molecule has 1 unspecified atom stereocenters. The zero-order chi connectivity index (χ0) is 21.2. The first-order valence-corrected chi connectivity index (χ1v) is 11.1. The molecule has 1 aliphatic carbocycles. The molecule has 1 saturated carbocycles. The van der Waals surface area contributed by atoms with Gasteiger partial charge < -0.3 is 14.5 Å². The van der Waals surface area contributed by atoms with Crippen molar-refractivity contribution in [2.45, 2.75) is 70.8 Å². The number of carboxylic acids is 1. The van der Waals surface area contributed by atoms with E-state index in [2.05, 4.69) is 45.9 Å². The molecule has 1 fully saturated rings. The first kappa shape index (κ1) is 22.1. The van der Waals surface area contributed by atoms with E-state index in [0.717, 1.165) is 25.0 Å². The van der Waals surface area contributed by atoms with E-state index in [1.54, 1.807) is 0 Å². The van der Waals surface area contributed by atoms with Crippen LogP contribution in [0.3, 0.4) is 0 Å². The number of unbranched alkanes of at least 4 members (excludes halogenated alkanes) is 1. The fourth-order valence-electron chi connectivity index (χ4n) is 4.13. The summed E-state index contributed by atoms with van der Waals surface area (Å²) in [4.78, 5) is 20.7. The summed E-state index contributed by atoms with van der Waals surface area (Å²) in [6.07, 6.45) is 14.0. The highest BCUT2D eigenvalue weighted by Gasteiger charge is 2.28. The lowest BCUT2D eigenvalue weighted by Crippen LogP contribution is -2.29. The molecule has 0 spiro atoms. The third kappa shape index (κ3) is 6.71. The minimum atomic E-state index is -0.764. The zero-order valence-corrected chi connectivity index (χ0v) is 17.9. The van der Waals surface area contributed by atoms with Crippen LogP contribution in [0.25, 0.3) is 0 Å². The highest BCUT2D eigenvalue weighted by Crippen LogP contribution is 2.31. The summed E-state index contributed by atoms with van der Waals surface area (Å²) in [7, 11) is 0. The van der Waals surface area contributed by atoms with Crippen molar-refractivity contribution >= 4 is 11.7 Å². The Balaban J connectivity index is 1.77. The van der Waals surface area contributed by atoms with Gasteiger partial charge in [0.05, 0.1) is 18.1 Å². The lowest BCUT2D eigenvalue weighted by Gasteiger charge is -2.29. The Bertz CT molecular complexity index is 794. The van der Waals surface area contributed by atoms with E-state index in [4.69, 9.17) is 9.94 Å². The van der Waals surface area contributed by atoms with Crippen LogP contribution in [0.4, 0.5) is 0 Å². The average Bonchev–Trinajstić information content (AvgIpc) is 3.28. The summed E-state index contributed by atoms with van der Waals surface area (Å²) in [5.41, 5.74) is 3.61. The standard InChI is InChI=1S/C24H33N3O3/c1-19-10-12-20(13-11-19)17-22(27-15-14-25-18-27)24(21-7-3-2-4-8-21)26-30-16-6-5-9-23(28)29/h10-15,18,21-22H,2-9,16-17H2,1H3,(H,28,29)/b26-24-. The molecule has 1 heterocycles. The number of aliphatic carboxylic acids is 1. The Morgan fingerprint density at radius 3 is 2.67 bits per heavy atom. The van der Waals surface area contributed by atoms with Crippen LogP contribution in [0.1, 0.15) is 68.5 Å². The molecule has 1 aromatic carbocycles. The lowest BCUT2D eigenvalue weighted by molar-refractivity contribution is -0.137. The minimum Gasteiger partial charge on any atom is -0.481 e. The van der Waals surface area contributed by atoms with E-state index < -0.39 is 5.97 Å². The van der Waals surface area contributed by atoms with Crippen molar-refractivity contribution in [1.82, 2.24) is 9.55 Å². The number of aromatic nitrogens is 2. The summed E-state index contributed by atoms with van der Waals surface area (Å²) in [6.45, 7) is 2.55. The first-order valence-electron chi connectivity index (χ1n) is 11.1. The van der Waals surface area contributed by atoms with Crippen molar-refractivity contribution in [3.63, 3.8) is 0 Å². The summed E-state index contributed by atoms with van der Waals surface area (Å²) in [5, 5.41) is 13.4. The molecule has 30 heavy (non-hydrogen) atoms. The third-order valence-corrected chi connectivity index (χ3v) is 5.85. The molecular weight excluding hydrogens is 378 g/mol. The van der Waals surface area contributed by atoms with E-state index >= 15 is 0 Å². The number of carbonyl (C=O) groups is 1. The third-order valence-electron chi connectivity index (χ3n) is 5.85. The highest BCUT2D eigenvalue weighted by atomic mass is 16.6. The van der Waals surface area contributed by atoms with Gasteiger partial charge in [-0.1, -0.05) is 54.2 Å². The van der Waals surface area contributed by atoms with Crippen molar-refractivity contribution < 1.29 is 14.7 Å². The van der Waals surface area contributed by atoms with Gasteiger partial charge in [-0.05, 0) is 44.6 Å². The smallest absolute Gasteiger partial charge is 0.303 e. The molecule has 6 heteroatoms. The lowest BCUT2D eigenvalue weighted by atomic mass is 9.82. The van der Waals surface area contributed by atoms with Crippen LogP contribution < -0.4 is 0 Å². The Hall–Kier alpha value is -2.63. The number of benzene rings is 1. The molecular formula is C24H33N3O3. The fraction of sp³-hybridized carbons (Fsp3) is 0.542. The average molecular weight is 412 g/mol. The SMILES string of the molecule is Cc1ccc(CC(/C(=N\OCCCCC(=O)O)C2CCCCC2)n2ccnc2)cc1. The van der Waals surface area contributed by atoms with E-state index in [1.165, 1.54) is 30.4 Å². The number of oxime groups is 1. The molecule has 1 N–H and O–H groups in total. The van der Waals surface area contributed by atoms with Gasteiger partial charge in [0.15, 0.2) is 0 Å². The summed E-state index contributed by atoms with van der Waals surface area (Å²) in [5.74, 6) is -0.352. The molecule has 0 radical (unpaired) electrons. The molecule has 2 aromatic rings. The van der Waals surface area contributed by atoms with Crippen molar-refractivity contribution in [2.24, 2.45) is 11.1 Å². The minimum absolute atomic E-state index is 0.0670. The molecule has 162 valence electrons. The van der Waals surface area contributed by atoms with E-state index in [-0.39, 0.29) is 12.5 Å². The van der Waals surface area contributed by atoms with Crippen LogP contribution in [0.2, 0.25) is 0 Å². The molecule has 1 aromatic heterocycles. The van der Waals surface area contributed by atoms with E-state index in [0.29, 0.717) is 25.4 Å².